The fraction of sp³-hybridized carbons (Fsp3) is 0.320. The highest BCUT2D eigenvalue weighted by Crippen LogP contribution is 2.38. The topological polar surface area (TPSA) is 59.2 Å². The maximum absolute atomic E-state index is 13.7. The number of fused-ring (bicyclic) bond motifs is 6. The van der Waals surface area contributed by atoms with Crippen molar-refractivity contribution < 1.29 is 13.9 Å². The highest BCUT2D eigenvalue weighted by Gasteiger charge is 2.26. The van der Waals surface area contributed by atoms with E-state index in [2.05, 4.69) is 21.4 Å². The Kier molecular flexibility index (Phi) is 4.35. The second-order valence-electron chi connectivity index (χ2n) is 8.58. The molecule has 0 saturated heterocycles. The molecule has 0 saturated carbocycles. The van der Waals surface area contributed by atoms with Crippen LogP contribution >= 0.6 is 0 Å². The predicted octanol–water partition coefficient (Wildman–Crippen LogP) is 4.45. The molecular weight excluding hydrogens is 393 g/mol. The fourth-order valence-electron chi connectivity index (χ4n) is 4.85. The minimum atomic E-state index is -0.179. The molecule has 0 radical (unpaired) electrons. The zero-order valence-corrected chi connectivity index (χ0v) is 17.4. The molecule has 0 spiro atoms. The summed E-state index contributed by atoms with van der Waals surface area (Å²) in [5.74, 6) is 1.39. The molecule has 2 N–H and O–H groups in total. The minimum absolute atomic E-state index is 0.0578. The highest BCUT2D eigenvalue weighted by atomic mass is 19.1. The number of aromatic nitrogens is 2. The molecule has 0 fully saturated rings. The van der Waals surface area contributed by atoms with Gasteiger partial charge in [-0.2, -0.15) is 0 Å². The molecule has 0 unspecified atom stereocenters. The third-order valence-corrected chi connectivity index (χ3v) is 6.42. The summed E-state index contributed by atoms with van der Waals surface area (Å²) in [6.45, 7) is 3.22. The lowest BCUT2D eigenvalue weighted by Crippen LogP contribution is -2.44. The van der Waals surface area contributed by atoms with Crippen LogP contribution in [0.3, 0.4) is 0 Å². The highest BCUT2D eigenvalue weighted by molar-refractivity contribution is 5.88. The van der Waals surface area contributed by atoms with E-state index in [0.717, 1.165) is 58.3 Å². The quantitative estimate of drug-likeness (QED) is 0.517. The monoisotopic (exact) mass is 417 g/mol. The molecule has 5 nitrogen and oxygen atoms in total. The first-order chi connectivity index (χ1) is 15.1. The van der Waals surface area contributed by atoms with Crippen LogP contribution in [0.15, 0.2) is 42.5 Å². The number of halogens is 1. The van der Waals surface area contributed by atoms with Crippen molar-refractivity contribution in [2.24, 2.45) is 0 Å². The Morgan fingerprint density at radius 2 is 2.10 bits per heavy atom. The molecule has 2 aromatic carbocycles. The van der Waals surface area contributed by atoms with Gasteiger partial charge in [-0.15, -0.1) is 0 Å². The van der Waals surface area contributed by atoms with Crippen LogP contribution in [-0.2, 0) is 12.8 Å². The van der Waals surface area contributed by atoms with Crippen molar-refractivity contribution in [2.75, 3.05) is 13.2 Å². The third kappa shape index (κ3) is 3.31. The van der Waals surface area contributed by atoms with E-state index >= 15 is 0 Å². The van der Waals surface area contributed by atoms with E-state index in [1.54, 1.807) is 6.07 Å². The molecule has 2 aromatic heterocycles. The van der Waals surface area contributed by atoms with Crippen molar-refractivity contribution in [1.82, 2.24) is 15.3 Å². The Morgan fingerprint density at radius 1 is 1.16 bits per heavy atom. The second kappa shape index (κ2) is 7.24. The minimum Gasteiger partial charge on any atom is -0.486 e. The standard InChI is InChI=1S/C25H24FN3O2/c1-14-2-5-19-21(28-14)8-9-24-25(19)31-17(13-30-24)12-27-16-4-6-18-20-10-15(26)3-7-22(20)29-23(18)11-16/h2-3,5,7-10,16-17,27,29H,4,6,11-13H2,1H3/t16-,17-/m0/s1. The zero-order valence-electron chi connectivity index (χ0n) is 17.4. The van der Waals surface area contributed by atoms with Crippen LogP contribution in [0.5, 0.6) is 11.5 Å². The summed E-state index contributed by atoms with van der Waals surface area (Å²) < 4.78 is 26.0. The normalized spacial score (nSPS) is 20.2. The molecule has 2 atom stereocenters. The lowest BCUT2D eigenvalue weighted by Gasteiger charge is -2.30. The molecule has 158 valence electrons. The van der Waals surface area contributed by atoms with Crippen LogP contribution in [0.4, 0.5) is 4.39 Å². The summed E-state index contributed by atoms with van der Waals surface area (Å²) >= 11 is 0. The largest absolute Gasteiger partial charge is 0.486 e. The lowest BCUT2D eigenvalue weighted by molar-refractivity contribution is 0.0896. The van der Waals surface area contributed by atoms with Crippen LogP contribution in [0, 0.1) is 12.7 Å². The number of H-pyrrole nitrogens is 1. The van der Waals surface area contributed by atoms with Gasteiger partial charge in [-0.25, -0.2) is 4.39 Å². The Bertz CT molecular complexity index is 1300. The lowest BCUT2D eigenvalue weighted by atomic mass is 9.91. The third-order valence-electron chi connectivity index (χ3n) is 6.42. The van der Waals surface area contributed by atoms with E-state index < -0.39 is 0 Å². The molecule has 3 heterocycles. The van der Waals surface area contributed by atoms with Crippen molar-refractivity contribution in [3.63, 3.8) is 0 Å². The number of nitrogens with one attached hydrogen (secondary N) is 2. The van der Waals surface area contributed by atoms with Gasteiger partial charge in [0.15, 0.2) is 11.5 Å². The summed E-state index contributed by atoms with van der Waals surface area (Å²) in [6.07, 6.45) is 2.81. The van der Waals surface area contributed by atoms with Gasteiger partial charge in [-0.3, -0.25) is 4.98 Å². The number of pyridine rings is 1. The van der Waals surface area contributed by atoms with Crippen LogP contribution in [0.1, 0.15) is 23.4 Å². The molecular formula is C25H24FN3O2. The number of benzene rings is 2. The Balaban J connectivity index is 1.15. The number of aryl methyl sites for hydroxylation is 2. The first kappa shape index (κ1) is 18.6. The van der Waals surface area contributed by atoms with E-state index in [-0.39, 0.29) is 11.9 Å². The average molecular weight is 417 g/mol. The van der Waals surface area contributed by atoms with Crippen LogP contribution in [0.25, 0.3) is 21.8 Å². The predicted molar refractivity (Wildman–Crippen MR) is 118 cm³/mol. The van der Waals surface area contributed by atoms with Crippen molar-refractivity contribution in [3.05, 3.63) is 65.2 Å². The van der Waals surface area contributed by atoms with Gasteiger partial charge in [0.2, 0.25) is 0 Å². The van der Waals surface area contributed by atoms with Gasteiger partial charge in [0.05, 0.1) is 5.52 Å². The first-order valence-electron chi connectivity index (χ1n) is 10.9. The summed E-state index contributed by atoms with van der Waals surface area (Å²) in [5, 5.41) is 5.67. The van der Waals surface area contributed by atoms with Gasteiger partial charge in [0.1, 0.15) is 18.5 Å². The number of rotatable bonds is 3. The van der Waals surface area contributed by atoms with Gasteiger partial charge in [-0.1, -0.05) is 0 Å². The summed E-state index contributed by atoms with van der Waals surface area (Å²) in [4.78, 5) is 8.07. The van der Waals surface area contributed by atoms with Gasteiger partial charge < -0.3 is 19.8 Å². The smallest absolute Gasteiger partial charge is 0.171 e. The number of aromatic amines is 1. The van der Waals surface area contributed by atoms with E-state index in [1.807, 2.05) is 31.2 Å². The molecule has 2 aliphatic rings. The first-order valence-corrected chi connectivity index (χ1v) is 10.9. The van der Waals surface area contributed by atoms with E-state index in [9.17, 15) is 4.39 Å². The Labute approximate surface area is 179 Å². The van der Waals surface area contributed by atoms with Crippen molar-refractivity contribution in [1.29, 1.82) is 0 Å². The van der Waals surface area contributed by atoms with Crippen molar-refractivity contribution in [2.45, 2.75) is 38.3 Å². The maximum Gasteiger partial charge on any atom is 0.171 e. The number of nitrogens with zero attached hydrogens (tertiary/aromatic N) is 1. The molecule has 6 rings (SSSR count). The Morgan fingerprint density at radius 3 is 3.03 bits per heavy atom. The van der Waals surface area contributed by atoms with Crippen LogP contribution in [-0.4, -0.2) is 35.3 Å². The number of hydrogen-bond acceptors (Lipinski definition) is 4. The van der Waals surface area contributed by atoms with E-state index in [4.69, 9.17) is 9.47 Å². The molecule has 1 aliphatic carbocycles. The van der Waals surface area contributed by atoms with Gasteiger partial charge in [-0.05, 0) is 67.8 Å². The number of ether oxygens (including phenoxy) is 2. The van der Waals surface area contributed by atoms with Crippen molar-refractivity contribution >= 4 is 21.8 Å². The van der Waals surface area contributed by atoms with E-state index in [0.29, 0.717) is 19.2 Å². The van der Waals surface area contributed by atoms with Gasteiger partial charge in [0, 0.05) is 46.7 Å². The maximum atomic E-state index is 13.7. The molecule has 1 aliphatic heterocycles. The number of hydrogen-bond donors (Lipinski definition) is 2. The fourth-order valence-corrected chi connectivity index (χ4v) is 4.85. The van der Waals surface area contributed by atoms with Crippen LogP contribution < -0.4 is 14.8 Å². The second-order valence-corrected chi connectivity index (χ2v) is 8.58. The van der Waals surface area contributed by atoms with Crippen molar-refractivity contribution in [3.8, 4) is 11.5 Å². The average Bonchev–Trinajstić information content (AvgIpc) is 3.14. The zero-order chi connectivity index (χ0) is 20.9. The molecule has 31 heavy (non-hydrogen) atoms. The Hall–Kier alpha value is -3.12. The summed E-state index contributed by atoms with van der Waals surface area (Å²) in [5.41, 5.74) is 5.39. The van der Waals surface area contributed by atoms with E-state index in [1.165, 1.54) is 17.3 Å². The van der Waals surface area contributed by atoms with Crippen LogP contribution in [0.2, 0.25) is 0 Å². The molecule has 4 aromatic rings. The molecule has 6 heteroatoms. The molecule has 0 bridgehead atoms. The van der Waals surface area contributed by atoms with Gasteiger partial charge >= 0.3 is 0 Å². The van der Waals surface area contributed by atoms with Gasteiger partial charge in [0.25, 0.3) is 0 Å². The summed E-state index contributed by atoms with van der Waals surface area (Å²) in [7, 11) is 0. The summed E-state index contributed by atoms with van der Waals surface area (Å²) in [6, 6.07) is 13.3. The SMILES string of the molecule is Cc1ccc2c3c(ccc2n1)OC[C@H](CN[C@H]1CCc2c([nH]c4ccc(F)cc24)C1)O3. The molecule has 0 amide bonds.